The molecule has 1 aromatic rings. The van der Waals surface area contributed by atoms with Crippen molar-refractivity contribution < 1.29 is 29.4 Å². The lowest BCUT2D eigenvalue weighted by atomic mass is 10.0. The monoisotopic (exact) mass is 362 g/mol. The minimum atomic E-state index is -1.34. The largest absolute Gasteiger partial charge is 0.481 e. The molecule has 0 aliphatic carbocycles. The van der Waals surface area contributed by atoms with Gasteiger partial charge in [0.25, 0.3) is 11.8 Å². The predicted molar refractivity (Wildman–Crippen MR) is 92.0 cm³/mol. The number of nitrogens with zero attached hydrogens (tertiary/aromatic N) is 1. The normalized spacial score (nSPS) is 15.2. The number of carbonyl (C=O) groups excluding carboxylic acids is 2. The molecule has 8 heteroatoms. The van der Waals surface area contributed by atoms with Crippen molar-refractivity contribution in [2.45, 2.75) is 38.1 Å². The van der Waals surface area contributed by atoms with Gasteiger partial charge in [0.1, 0.15) is 6.04 Å². The summed E-state index contributed by atoms with van der Waals surface area (Å²) in [5.41, 5.74) is 0.305. The summed E-state index contributed by atoms with van der Waals surface area (Å²) >= 11 is 0. The van der Waals surface area contributed by atoms with Crippen LogP contribution in [0.5, 0.6) is 0 Å². The zero-order valence-electron chi connectivity index (χ0n) is 14.3. The molecular weight excluding hydrogens is 340 g/mol. The summed E-state index contributed by atoms with van der Waals surface area (Å²) in [6.07, 6.45) is 2.27. The number of hydrogen-bond acceptors (Lipinski definition) is 4. The van der Waals surface area contributed by atoms with E-state index < -0.39 is 23.9 Å². The highest BCUT2D eigenvalue weighted by atomic mass is 16.4. The number of benzene rings is 1. The van der Waals surface area contributed by atoms with E-state index in [2.05, 4.69) is 5.32 Å². The third-order valence-electron chi connectivity index (χ3n) is 4.30. The van der Waals surface area contributed by atoms with Crippen LogP contribution in [0.2, 0.25) is 0 Å². The Hall–Kier alpha value is -2.90. The smallest absolute Gasteiger partial charge is 0.326 e. The van der Waals surface area contributed by atoms with E-state index in [1.54, 1.807) is 23.1 Å². The molecule has 1 unspecified atom stereocenters. The van der Waals surface area contributed by atoms with Gasteiger partial charge in [-0.2, -0.15) is 0 Å². The molecule has 0 saturated carbocycles. The Morgan fingerprint density at radius 2 is 1.62 bits per heavy atom. The van der Waals surface area contributed by atoms with Crippen LogP contribution in [0.3, 0.4) is 0 Å². The van der Waals surface area contributed by atoms with E-state index in [0.29, 0.717) is 13.1 Å². The molecule has 0 aromatic heterocycles. The molecule has 1 atom stereocenters. The first-order valence-corrected chi connectivity index (χ1v) is 8.54. The number of piperidine rings is 1. The van der Waals surface area contributed by atoms with Crippen LogP contribution < -0.4 is 5.32 Å². The highest BCUT2D eigenvalue weighted by Crippen LogP contribution is 2.17. The Labute approximate surface area is 150 Å². The maximum atomic E-state index is 12.7. The molecule has 26 heavy (non-hydrogen) atoms. The summed E-state index contributed by atoms with van der Waals surface area (Å²) in [5.74, 6) is -3.43. The summed E-state index contributed by atoms with van der Waals surface area (Å²) in [7, 11) is 0. The molecule has 2 rings (SSSR count). The molecule has 1 aliphatic rings. The second-order valence-electron chi connectivity index (χ2n) is 6.20. The highest BCUT2D eigenvalue weighted by Gasteiger charge is 2.26. The third kappa shape index (κ3) is 5.05. The van der Waals surface area contributed by atoms with Gasteiger partial charge >= 0.3 is 11.9 Å². The summed E-state index contributed by atoms with van der Waals surface area (Å²) in [5, 5.41) is 20.2. The fraction of sp³-hybridized carbons (Fsp3) is 0.444. The van der Waals surface area contributed by atoms with Crippen molar-refractivity contribution in [3.05, 3.63) is 35.4 Å². The summed E-state index contributed by atoms with van der Waals surface area (Å²) in [4.78, 5) is 48.8. The van der Waals surface area contributed by atoms with Crippen molar-refractivity contribution >= 4 is 23.8 Å². The average molecular weight is 362 g/mol. The van der Waals surface area contributed by atoms with Crippen LogP contribution in [-0.2, 0) is 9.59 Å². The fourth-order valence-corrected chi connectivity index (χ4v) is 2.90. The molecule has 1 saturated heterocycles. The van der Waals surface area contributed by atoms with Crippen LogP contribution in [0.4, 0.5) is 0 Å². The van der Waals surface area contributed by atoms with E-state index in [4.69, 9.17) is 5.11 Å². The van der Waals surface area contributed by atoms with Gasteiger partial charge in [0.05, 0.1) is 11.1 Å². The SMILES string of the molecule is O=C(O)CCC(NC(=O)c1ccccc1C(=O)N1CCCCC1)C(=O)O. The summed E-state index contributed by atoms with van der Waals surface area (Å²) in [6.45, 7) is 1.26. The standard InChI is InChI=1S/C18H22N2O6/c21-15(22)9-8-14(18(25)26)19-16(23)12-6-2-3-7-13(12)17(24)20-10-4-1-5-11-20/h2-3,6-7,14H,1,4-5,8-11H2,(H,19,23)(H,21,22)(H,25,26). The van der Waals surface area contributed by atoms with Gasteiger partial charge in [0.15, 0.2) is 0 Å². The van der Waals surface area contributed by atoms with Crippen molar-refractivity contribution in [1.29, 1.82) is 0 Å². The maximum absolute atomic E-state index is 12.7. The van der Waals surface area contributed by atoms with Crippen LogP contribution in [0.1, 0.15) is 52.8 Å². The number of carboxylic acid groups (broad SMARTS) is 2. The van der Waals surface area contributed by atoms with Gasteiger partial charge in [0.2, 0.25) is 0 Å². The molecule has 2 amide bonds. The molecule has 0 bridgehead atoms. The zero-order chi connectivity index (χ0) is 19.1. The molecule has 0 radical (unpaired) electrons. The Kier molecular flexibility index (Phi) is 6.71. The number of carbonyl (C=O) groups is 4. The molecule has 1 aromatic carbocycles. The van der Waals surface area contributed by atoms with Crippen LogP contribution in [0.15, 0.2) is 24.3 Å². The molecule has 0 spiro atoms. The first kappa shape index (κ1) is 19.4. The van der Waals surface area contributed by atoms with Crippen LogP contribution in [0, 0.1) is 0 Å². The molecule has 3 N–H and O–H groups in total. The topological polar surface area (TPSA) is 124 Å². The maximum Gasteiger partial charge on any atom is 0.326 e. The predicted octanol–water partition coefficient (Wildman–Crippen LogP) is 1.36. The lowest BCUT2D eigenvalue weighted by Crippen LogP contribution is -2.42. The van der Waals surface area contributed by atoms with E-state index >= 15 is 0 Å². The third-order valence-corrected chi connectivity index (χ3v) is 4.30. The molecule has 1 fully saturated rings. The summed E-state index contributed by atoms with van der Waals surface area (Å²) < 4.78 is 0. The van der Waals surface area contributed by atoms with Gasteiger partial charge in [-0.05, 0) is 37.8 Å². The molecule has 8 nitrogen and oxygen atoms in total. The van der Waals surface area contributed by atoms with E-state index in [-0.39, 0.29) is 29.9 Å². The van der Waals surface area contributed by atoms with Crippen molar-refractivity contribution in [2.24, 2.45) is 0 Å². The van der Waals surface area contributed by atoms with Gasteiger partial charge in [-0.25, -0.2) is 4.79 Å². The molecule has 1 heterocycles. The Balaban J connectivity index is 2.16. The van der Waals surface area contributed by atoms with Crippen molar-refractivity contribution in [1.82, 2.24) is 10.2 Å². The van der Waals surface area contributed by atoms with Gasteiger partial charge in [-0.1, -0.05) is 12.1 Å². The van der Waals surface area contributed by atoms with Crippen LogP contribution in [-0.4, -0.2) is 58.0 Å². The van der Waals surface area contributed by atoms with Gasteiger partial charge in [-0.15, -0.1) is 0 Å². The number of amides is 2. The van der Waals surface area contributed by atoms with E-state index in [9.17, 15) is 24.3 Å². The lowest BCUT2D eigenvalue weighted by molar-refractivity contribution is -0.140. The van der Waals surface area contributed by atoms with Gasteiger partial charge < -0.3 is 20.4 Å². The van der Waals surface area contributed by atoms with Crippen LogP contribution >= 0.6 is 0 Å². The van der Waals surface area contributed by atoms with Crippen molar-refractivity contribution in [2.75, 3.05) is 13.1 Å². The van der Waals surface area contributed by atoms with Crippen molar-refractivity contribution in [3.8, 4) is 0 Å². The molecular formula is C18H22N2O6. The Morgan fingerprint density at radius 1 is 1.00 bits per heavy atom. The number of rotatable bonds is 7. The fourth-order valence-electron chi connectivity index (χ4n) is 2.90. The highest BCUT2D eigenvalue weighted by molar-refractivity contribution is 6.08. The van der Waals surface area contributed by atoms with Gasteiger partial charge in [-0.3, -0.25) is 14.4 Å². The zero-order valence-corrected chi connectivity index (χ0v) is 14.3. The quantitative estimate of drug-likeness (QED) is 0.673. The first-order chi connectivity index (χ1) is 12.4. The number of hydrogen-bond donors (Lipinski definition) is 3. The second-order valence-corrected chi connectivity index (χ2v) is 6.20. The average Bonchev–Trinajstić information content (AvgIpc) is 2.64. The van der Waals surface area contributed by atoms with E-state index in [0.717, 1.165) is 19.3 Å². The first-order valence-electron chi connectivity index (χ1n) is 8.54. The second kappa shape index (κ2) is 8.98. The number of aliphatic carboxylic acids is 2. The summed E-state index contributed by atoms with van der Waals surface area (Å²) in [6, 6.07) is 4.90. The van der Waals surface area contributed by atoms with Crippen LogP contribution in [0.25, 0.3) is 0 Å². The molecule has 140 valence electrons. The lowest BCUT2D eigenvalue weighted by Gasteiger charge is -2.27. The van der Waals surface area contributed by atoms with E-state index in [1.807, 2.05) is 0 Å². The number of carboxylic acids is 2. The Morgan fingerprint density at radius 3 is 2.19 bits per heavy atom. The number of likely N-dealkylation sites (tertiary alicyclic amines) is 1. The molecule has 1 aliphatic heterocycles. The minimum Gasteiger partial charge on any atom is -0.481 e. The number of nitrogens with one attached hydrogen (secondary N) is 1. The Bertz CT molecular complexity index is 697. The van der Waals surface area contributed by atoms with Crippen molar-refractivity contribution in [3.63, 3.8) is 0 Å². The minimum absolute atomic E-state index is 0.0876. The van der Waals surface area contributed by atoms with E-state index in [1.165, 1.54) is 6.07 Å². The van der Waals surface area contributed by atoms with Gasteiger partial charge in [0, 0.05) is 19.5 Å².